The van der Waals surface area contributed by atoms with Crippen LogP contribution in [0.15, 0.2) is 53.7 Å². The highest BCUT2D eigenvalue weighted by Gasteiger charge is 2.11. The predicted octanol–water partition coefficient (Wildman–Crippen LogP) is 3.05. The van der Waals surface area contributed by atoms with Crippen molar-refractivity contribution in [1.29, 1.82) is 0 Å². The van der Waals surface area contributed by atoms with E-state index in [1.165, 1.54) is 0 Å². The van der Waals surface area contributed by atoms with Crippen molar-refractivity contribution in [3.05, 3.63) is 59.9 Å². The number of amidine groups is 1. The Balaban J connectivity index is 2.09. The Bertz CT molecular complexity index is 715. The summed E-state index contributed by atoms with van der Waals surface area (Å²) < 4.78 is 10.8. The van der Waals surface area contributed by atoms with Gasteiger partial charge in [-0.25, -0.2) is 4.99 Å². The van der Waals surface area contributed by atoms with Gasteiger partial charge in [0.2, 0.25) is 0 Å². The van der Waals surface area contributed by atoms with Crippen molar-refractivity contribution in [3.63, 3.8) is 0 Å². The third kappa shape index (κ3) is 6.25. The minimum Gasteiger partial charge on any atom is -0.497 e. The highest BCUT2D eigenvalue weighted by Crippen LogP contribution is 2.12. The molecule has 1 amide bonds. The molecule has 2 rings (SSSR count). The number of hydrogen-bond acceptors (Lipinski definition) is 5. The SMILES string of the molecule is COc1cccc(C(=O)NC(=NCc2ccccn2)OCC(C)C)c1. The zero-order valence-corrected chi connectivity index (χ0v) is 14.7. The Kier molecular flexibility index (Phi) is 6.95. The molecule has 0 fully saturated rings. The molecule has 1 aromatic carbocycles. The number of aromatic nitrogens is 1. The van der Waals surface area contributed by atoms with Gasteiger partial charge >= 0.3 is 0 Å². The second kappa shape index (κ2) is 9.42. The first-order chi connectivity index (χ1) is 12.1. The fourth-order valence-corrected chi connectivity index (χ4v) is 1.94. The average molecular weight is 341 g/mol. The van der Waals surface area contributed by atoms with Crippen LogP contribution in [-0.4, -0.2) is 30.6 Å². The number of carbonyl (C=O) groups is 1. The molecule has 0 aliphatic rings. The number of amides is 1. The van der Waals surface area contributed by atoms with Crippen LogP contribution < -0.4 is 10.1 Å². The minimum atomic E-state index is -0.303. The van der Waals surface area contributed by atoms with Gasteiger partial charge in [0.05, 0.1) is 26.0 Å². The summed E-state index contributed by atoms with van der Waals surface area (Å²) in [5.74, 6) is 0.624. The first kappa shape index (κ1) is 18.4. The van der Waals surface area contributed by atoms with E-state index in [2.05, 4.69) is 15.3 Å². The Morgan fingerprint density at radius 1 is 1.24 bits per heavy atom. The standard InChI is InChI=1S/C19H23N3O3/c1-14(2)13-25-19(21-12-16-8-4-5-10-20-16)22-18(23)15-7-6-9-17(11-15)24-3/h4-11,14H,12-13H2,1-3H3,(H,21,22,23). The quantitative estimate of drug-likeness (QED) is 0.647. The summed E-state index contributed by atoms with van der Waals surface area (Å²) >= 11 is 0. The molecule has 6 heteroatoms. The number of hydrogen-bond donors (Lipinski definition) is 1. The van der Waals surface area contributed by atoms with Gasteiger partial charge in [0, 0.05) is 11.8 Å². The summed E-state index contributed by atoms with van der Waals surface area (Å²) in [6.07, 6.45) is 1.70. The smallest absolute Gasteiger partial charge is 0.292 e. The van der Waals surface area contributed by atoms with Gasteiger partial charge in [0.1, 0.15) is 5.75 Å². The predicted molar refractivity (Wildman–Crippen MR) is 96.6 cm³/mol. The molecule has 132 valence electrons. The highest BCUT2D eigenvalue weighted by atomic mass is 16.5. The number of carbonyl (C=O) groups excluding carboxylic acids is 1. The molecule has 0 aliphatic heterocycles. The van der Waals surface area contributed by atoms with Crippen LogP contribution in [0.1, 0.15) is 29.9 Å². The van der Waals surface area contributed by atoms with E-state index >= 15 is 0 Å². The molecule has 25 heavy (non-hydrogen) atoms. The summed E-state index contributed by atoms with van der Waals surface area (Å²) in [6.45, 7) is 4.84. The van der Waals surface area contributed by atoms with Crippen molar-refractivity contribution >= 4 is 11.9 Å². The van der Waals surface area contributed by atoms with Crippen LogP contribution in [0, 0.1) is 5.92 Å². The van der Waals surface area contributed by atoms with E-state index in [1.807, 2.05) is 32.0 Å². The second-order valence-electron chi connectivity index (χ2n) is 5.83. The first-order valence-corrected chi connectivity index (χ1v) is 8.11. The molecule has 0 bridgehead atoms. The summed E-state index contributed by atoms with van der Waals surface area (Å²) in [6, 6.07) is 12.7. The lowest BCUT2D eigenvalue weighted by Gasteiger charge is -2.13. The molecule has 0 spiro atoms. The molecule has 0 saturated heterocycles. The molecule has 0 atom stereocenters. The van der Waals surface area contributed by atoms with E-state index < -0.39 is 0 Å². The van der Waals surface area contributed by atoms with Crippen LogP contribution >= 0.6 is 0 Å². The van der Waals surface area contributed by atoms with Crippen molar-refractivity contribution < 1.29 is 14.3 Å². The van der Waals surface area contributed by atoms with Gasteiger partial charge < -0.3 is 9.47 Å². The molecule has 0 radical (unpaired) electrons. The van der Waals surface area contributed by atoms with E-state index in [0.717, 1.165) is 5.69 Å². The summed E-state index contributed by atoms with van der Waals surface area (Å²) in [7, 11) is 1.56. The van der Waals surface area contributed by atoms with E-state index in [-0.39, 0.29) is 11.9 Å². The second-order valence-corrected chi connectivity index (χ2v) is 5.83. The Morgan fingerprint density at radius 3 is 2.76 bits per heavy atom. The van der Waals surface area contributed by atoms with Gasteiger partial charge in [-0.05, 0) is 36.2 Å². The summed E-state index contributed by atoms with van der Waals surface area (Å²) in [5.41, 5.74) is 1.27. The zero-order chi connectivity index (χ0) is 18.1. The van der Waals surface area contributed by atoms with Gasteiger partial charge in [-0.2, -0.15) is 0 Å². The first-order valence-electron chi connectivity index (χ1n) is 8.11. The van der Waals surface area contributed by atoms with Crippen LogP contribution in [-0.2, 0) is 11.3 Å². The maximum atomic E-state index is 12.4. The topological polar surface area (TPSA) is 72.8 Å². The maximum Gasteiger partial charge on any atom is 0.292 e. The van der Waals surface area contributed by atoms with Crippen LogP contribution in [0.5, 0.6) is 5.75 Å². The third-order valence-corrected chi connectivity index (χ3v) is 3.22. The number of benzene rings is 1. The van der Waals surface area contributed by atoms with Gasteiger partial charge in [-0.1, -0.05) is 26.0 Å². The lowest BCUT2D eigenvalue weighted by atomic mass is 10.2. The number of methoxy groups -OCH3 is 1. The monoisotopic (exact) mass is 341 g/mol. The van der Waals surface area contributed by atoms with E-state index in [4.69, 9.17) is 9.47 Å². The number of pyridine rings is 1. The number of aliphatic imine (C=N–C) groups is 1. The lowest BCUT2D eigenvalue weighted by molar-refractivity contribution is 0.0962. The largest absolute Gasteiger partial charge is 0.497 e. The Morgan fingerprint density at radius 2 is 2.08 bits per heavy atom. The molecule has 0 unspecified atom stereocenters. The molecule has 6 nitrogen and oxygen atoms in total. The molecule has 1 aromatic heterocycles. The van der Waals surface area contributed by atoms with E-state index in [1.54, 1.807) is 37.6 Å². The van der Waals surface area contributed by atoms with Crippen molar-refractivity contribution in [3.8, 4) is 5.75 Å². The van der Waals surface area contributed by atoms with E-state index in [9.17, 15) is 4.79 Å². The van der Waals surface area contributed by atoms with Gasteiger partial charge in [-0.3, -0.25) is 15.1 Å². The van der Waals surface area contributed by atoms with Gasteiger partial charge in [0.25, 0.3) is 11.9 Å². The molecule has 0 aliphatic carbocycles. The maximum absolute atomic E-state index is 12.4. The van der Waals surface area contributed by atoms with E-state index in [0.29, 0.717) is 30.4 Å². The zero-order valence-electron chi connectivity index (χ0n) is 14.7. The third-order valence-electron chi connectivity index (χ3n) is 3.22. The van der Waals surface area contributed by atoms with Crippen molar-refractivity contribution in [2.75, 3.05) is 13.7 Å². The molecule has 0 saturated carbocycles. The summed E-state index contributed by atoms with van der Waals surface area (Å²) in [5, 5.41) is 2.72. The Labute approximate surface area is 147 Å². The fraction of sp³-hybridized carbons (Fsp3) is 0.316. The number of nitrogens with one attached hydrogen (secondary N) is 1. The fourth-order valence-electron chi connectivity index (χ4n) is 1.94. The lowest BCUT2D eigenvalue weighted by Crippen LogP contribution is -2.33. The van der Waals surface area contributed by atoms with Crippen LogP contribution in [0.4, 0.5) is 0 Å². The normalized spacial score (nSPS) is 11.3. The molecule has 1 N–H and O–H groups in total. The van der Waals surface area contributed by atoms with Gasteiger partial charge in [0.15, 0.2) is 0 Å². The van der Waals surface area contributed by atoms with Crippen LogP contribution in [0.25, 0.3) is 0 Å². The number of nitrogens with zero attached hydrogens (tertiary/aromatic N) is 2. The van der Waals surface area contributed by atoms with Crippen LogP contribution in [0.2, 0.25) is 0 Å². The minimum absolute atomic E-state index is 0.187. The molecule has 1 heterocycles. The van der Waals surface area contributed by atoms with Crippen molar-refractivity contribution in [2.24, 2.45) is 10.9 Å². The van der Waals surface area contributed by atoms with Crippen molar-refractivity contribution in [2.45, 2.75) is 20.4 Å². The highest BCUT2D eigenvalue weighted by molar-refractivity contribution is 6.04. The number of rotatable bonds is 6. The molecule has 2 aromatic rings. The van der Waals surface area contributed by atoms with Crippen molar-refractivity contribution in [1.82, 2.24) is 10.3 Å². The molecular formula is C19H23N3O3. The van der Waals surface area contributed by atoms with Crippen LogP contribution in [0.3, 0.4) is 0 Å². The number of ether oxygens (including phenoxy) is 2. The van der Waals surface area contributed by atoms with Gasteiger partial charge in [-0.15, -0.1) is 0 Å². The average Bonchev–Trinajstić information content (AvgIpc) is 2.64. The molecular weight excluding hydrogens is 318 g/mol. The Hall–Kier alpha value is -2.89. The summed E-state index contributed by atoms with van der Waals surface area (Å²) in [4.78, 5) is 21.0.